The number of benzene rings is 2. The van der Waals surface area contributed by atoms with Crippen molar-refractivity contribution in [2.24, 2.45) is 0 Å². The zero-order valence-electron chi connectivity index (χ0n) is 12.3. The van der Waals surface area contributed by atoms with E-state index < -0.39 is 0 Å². The lowest BCUT2D eigenvalue weighted by atomic mass is 9.86. The predicted molar refractivity (Wildman–Crippen MR) is 99.3 cm³/mol. The van der Waals surface area contributed by atoms with E-state index in [0.29, 0.717) is 12.1 Å². The summed E-state index contributed by atoms with van der Waals surface area (Å²) in [7, 11) is 0. The molecule has 2 heterocycles. The van der Waals surface area contributed by atoms with Gasteiger partial charge in [-0.3, -0.25) is 10.0 Å². The molecule has 2 saturated heterocycles. The molecule has 2 nitrogen and oxygen atoms in total. The summed E-state index contributed by atoms with van der Waals surface area (Å²) in [6.45, 7) is 0. The molecule has 0 unspecified atom stereocenters. The normalized spacial score (nSPS) is 23.9. The highest BCUT2D eigenvalue weighted by Crippen LogP contribution is 2.41. The van der Waals surface area contributed by atoms with Crippen LogP contribution in [-0.4, -0.2) is 12.1 Å². The molecule has 5 rings (SSSR count). The van der Waals surface area contributed by atoms with Crippen molar-refractivity contribution < 1.29 is 0 Å². The number of nitrogens with zero attached hydrogens (tertiary/aromatic N) is 2. The molecule has 2 aromatic carbocycles. The van der Waals surface area contributed by atoms with Gasteiger partial charge in [-0.2, -0.15) is 0 Å². The molecule has 114 valence electrons. The maximum Gasteiger partial charge on any atom is 0.0578 e. The number of hydrazine groups is 1. The topological polar surface area (TPSA) is 6.48 Å². The van der Waals surface area contributed by atoms with Gasteiger partial charge in [0.1, 0.15) is 0 Å². The molecule has 0 aromatic heterocycles. The summed E-state index contributed by atoms with van der Waals surface area (Å²) in [5.74, 6) is 0. The first-order valence-corrected chi connectivity index (χ1v) is 9.40. The van der Waals surface area contributed by atoms with E-state index in [1.165, 1.54) is 37.1 Å². The Morgan fingerprint density at radius 2 is 0.909 bits per heavy atom. The largest absolute Gasteiger partial charge is 0.282 e. The highest BCUT2D eigenvalue weighted by molar-refractivity contribution is 9.10. The van der Waals surface area contributed by atoms with Crippen molar-refractivity contribution in [1.82, 2.24) is 0 Å². The number of rotatable bonds is 2. The molecule has 2 bridgehead atoms. The number of hydrogen-bond acceptors (Lipinski definition) is 2. The Morgan fingerprint density at radius 1 is 0.591 bits per heavy atom. The Hall–Kier alpha value is -1.00. The van der Waals surface area contributed by atoms with Crippen LogP contribution in [0.3, 0.4) is 0 Å². The fourth-order valence-electron chi connectivity index (χ4n) is 3.76. The van der Waals surface area contributed by atoms with Crippen molar-refractivity contribution >= 4 is 43.2 Å². The summed E-state index contributed by atoms with van der Waals surface area (Å²) in [5.41, 5.74) is 2.58. The zero-order valence-corrected chi connectivity index (χ0v) is 15.4. The quantitative estimate of drug-likeness (QED) is 0.607. The Morgan fingerprint density at radius 3 is 1.23 bits per heavy atom. The lowest BCUT2D eigenvalue weighted by Gasteiger charge is -2.55. The standard InChI is InChI=1S/C18H18Br2N2/c19-13-1-5-15(6-2-13)21-17-9-11-18(12-10-17)22(21)16-7-3-14(20)4-8-16/h1-8,17-18H,9-12H2. The molecule has 0 radical (unpaired) electrons. The molecule has 1 saturated carbocycles. The smallest absolute Gasteiger partial charge is 0.0578 e. The second-order valence-corrected chi connectivity index (χ2v) is 7.94. The number of halogens is 2. The minimum atomic E-state index is 0.620. The van der Waals surface area contributed by atoms with Crippen molar-refractivity contribution in [1.29, 1.82) is 0 Å². The summed E-state index contributed by atoms with van der Waals surface area (Å²) >= 11 is 7.08. The average Bonchev–Trinajstić information content (AvgIpc) is 2.57. The van der Waals surface area contributed by atoms with Crippen LogP contribution in [0.4, 0.5) is 11.4 Å². The second-order valence-electron chi connectivity index (χ2n) is 6.10. The SMILES string of the molecule is Brc1ccc(N2C3CCC(CC3)N2c2ccc(Br)cc2)cc1. The van der Waals surface area contributed by atoms with Crippen LogP contribution in [0.15, 0.2) is 57.5 Å². The first kappa shape index (κ1) is 14.6. The number of anilines is 2. The monoisotopic (exact) mass is 420 g/mol. The Labute approximate surface area is 148 Å². The molecule has 0 spiro atoms. The van der Waals surface area contributed by atoms with Gasteiger partial charge in [0.25, 0.3) is 0 Å². The van der Waals surface area contributed by atoms with Gasteiger partial charge >= 0.3 is 0 Å². The van der Waals surface area contributed by atoms with Gasteiger partial charge in [0.15, 0.2) is 0 Å². The van der Waals surface area contributed by atoms with Gasteiger partial charge in [0.2, 0.25) is 0 Å². The predicted octanol–water partition coefficient (Wildman–Crippen LogP) is 5.76. The zero-order chi connectivity index (χ0) is 15.1. The maximum atomic E-state index is 3.54. The average molecular weight is 422 g/mol. The molecule has 0 amide bonds. The maximum absolute atomic E-state index is 3.54. The summed E-state index contributed by atoms with van der Waals surface area (Å²) in [4.78, 5) is 0. The van der Waals surface area contributed by atoms with E-state index in [9.17, 15) is 0 Å². The number of fused-ring (bicyclic) bond motifs is 3. The fraction of sp³-hybridized carbons (Fsp3) is 0.333. The summed E-state index contributed by atoms with van der Waals surface area (Å²) in [5, 5.41) is 5.04. The second kappa shape index (κ2) is 5.89. The van der Waals surface area contributed by atoms with Crippen LogP contribution in [-0.2, 0) is 0 Å². The molecular weight excluding hydrogens is 404 g/mol. The fourth-order valence-corrected chi connectivity index (χ4v) is 4.29. The van der Waals surface area contributed by atoms with E-state index in [-0.39, 0.29) is 0 Å². The number of hydrogen-bond donors (Lipinski definition) is 0. The van der Waals surface area contributed by atoms with E-state index in [1.807, 2.05) is 0 Å². The molecular formula is C18H18Br2N2. The van der Waals surface area contributed by atoms with Crippen LogP contribution in [0.1, 0.15) is 25.7 Å². The third kappa shape index (κ3) is 2.56. The third-order valence-corrected chi connectivity index (χ3v) is 5.83. The highest BCUT2D eigenvalue weighted by atomic mass is 79.9. The van der Waals surface area contributed by atoms with Gasteiger partial charge in [0.05, 0.1) is 23.5 Å². The minimum absolute atomic E-state index is 0.620. The van der Waals surface area contributed by atoms with E-state index in [2.05, 4.69) is 90.4 Å². The molecule has 1 aliphatic carbocycles. The van der Waals surface area contributed by atoms with Gasteiger partial charge < -0.3 is 0 Å². The lowest BCUT2D eigenvalue weighted by Crippen LogP contribution is -2.62. The molecule has 0 N–H and O–H groups in total. The van der Waals surface area contributed by atoms with E-state index in [4.69, 9.17) is 0 Å². The molecule has 3 fully saturated rings. The van der Waals surface area contributed by atoms with Gasteiger partial charge in [-0.1, -0.05) is 31.9 Å². The van der Waals surface area contributed by atoms with Crippen LogP contribution in [0, 0.1) is 0 Å². The lowest BCUT2D eigenvalue weighted by molar-refractivity contribution is 0.284. The molecule has 4 heteroatoms. The van der Waals surface area contributed by atoms with Crippen LogP contribution >= 0.6 is 31.9 Å². The van der Waals surface area contributed by atoms with Crippen LogP contribution in [0.5, 0.6) is 0 Å². The van der Waals surface area contributed by atoms with Crippen molar-refractivity contribution in [3.05, 3.63) is 57.5 Å². The minimum Gasteiger partial charge on any atom is -0.282 e. The first-order valence-electron chi connectivity index (χ1n) is 7.82. The van der Waals surface area contributed by atoms with Gasteiger partial charge in [0, 0.05) is 8.95 Å². The van der Waals surface area contributed by atoms with E-state index in [1.54, 1.807) is 0 Å². The summed E-state index contributed by atoms with van der Waals surface area (Å²) < 4.78 is 2.27. The molecule has 2 aliphatic heterocycles. The van der Waals surface area contributed by atoms with Gasteiger partial charge in [-0.05, 0) is 74.2 Å². The summed E-state index contributed by atoms with van der Waals surface area (Å²) in [6, 6.07) is 18.7. The van der Waals surface area contributed by atoms with E-state index in [0.717, 1.165) is 8.95 Å². The first-order chi connectivity index (χ1) is 10.7. The van der Waals surface area contributed by atoms with Crippen molar-refractivity contribution in [2.75, 3.05) is 10.0 Å². The molecule has 2 aromatic rings. The van der Waals surface area contributed by atoms with Crippen LogP contribution in [0.2, 0.25) is 0 Å². The van der Waals surface area contributed by atoms with E-state index >= 15 is 0 Å². The molecule has 0 atom stereocenters. The van der Waals surface area contributed by atoms with Gasteiger partial charge in [-0.15, -0.1) is 0 Å². The summed E-state index contributed by atoms with van der Waals surface area (Å²) in [6.07, 6.45) is 5.20. The van der Waals surface area contributed by atoms with Crippen molar-refractivity contribution in [3.8, 4) is 0 Å². The van der Waals surface area contributed by atoms with Crippen molar-refractivity contribution in [2.45, 2.75) is 37.8 Å². The molecule has 3 aliphatic rings. The van der Waals surface area contributed by atoms with Crippen LogP contribution < -0.4 is 10.0 Å². The van der Waals surface area contributed by atoms with Crippen molar-refractivity contribution in [3.63, 3.8) is 0 Å². The Bertz CT molecular complexity index is 586. The third-order valence-electron chi connectivity index (χ3n) is 4.77. The van der Waals surface area contributed by atoms with Gasteiger partial charge in [-0.25, -0.2) is 0 Å². The Balaban J connectivity index is 1.75. The van der Waals surface area contributed by atoms with Crippen LogP contribution in [0.25, 0.3) is 0 Å². The molecule has 22 heavy (non-hydrogen) atoms. The highest BCUT2D eigenvalue weighted by Gasteiger charge is 2.40. The Kier molecular flexibility index (Phi) is 3.91.